The lowest BCUT2D eigenvalue weighted by molar-refractivity contribution is -0.131. The van der Waals surface area contributed by atoms with Crippen molar-refractivity contribution in [2.24, 2.45) is 0 Å². The lowest BCUT2D eigenvalue weighted by atomic mass is 10.7. The van der Waals surface area contributed by atoms with Crippen molar-refractivity contribution in [2.45, 2.75) is 0 Å². The Labute approximate surface area is 41.8 Å². The number of hydrogen-bond donors (Lipinski definition) is 0. The van der Waals surface area contributed by atoms with Crippen LogP contribution in [0.5, 0.6) is 0 Å². The van der Waals surface area contributed by atoms with E-state index >= 15 is 0 Å². The molecule has 2 heteroatoms. The molecule has 0 bridgehead atoms. The molecule has 0 unspecified atom stereocenters. The maximum atomic E-state index is 9.93. The molecule has 36 valence electrons. The molecule has 0 aromatic carbocycles. The number of esters is 1. The molecule has 0 atom stereocenters. The molecule has 0 spiro atoms. The van der Waals surface area contributed by atoms with Crippen molar-refractivity contribution in [3.05, 3.63) is 12.7 Å². The Kier molecular flexibility index (Phi) is 2.46. The van der Waals surface area contributed by atoms with E-state index in [-0.39, 0.29) is 0 Å². The van der Waals surface area contributed by atoms with Crippen LogP contribution in [0.3, 0.4) is 0 Å². The molecule has 0 rings (SSSR count). The minimum absolute atomic E-state index is 0.595. The van der Waals surface area contributed by atoms with Gasteiger partial charge in [-0.2, -0.15) is 0 Å². The summed E-state index contributed by atoms with van der Waals surface area (Å²) in [6.07, 6.45) is 7.26. The molecule has 0 aromatic rings. The molecule has 0 aliphatic rings. The molecule has 7 heavy (non-hydrogen) atoms. The summed E-state index contributed by atoms with van der Waals surface area (Å²) < 4.78 is 3.96. The first-order valence-corrected chi connectivity index (χ1v) is 1.60. The number of ether oxygens (including phenoxy) is 1. The maximum Gasteiger partial charge on any atom is 0.344 e. The van der Waals surface area contributed by atoms with Gasteiger partial charge in [0.25, 0.3) is 0 Å². The molecule has 0 saturated heterocycles. The molecule has 0 amide bonds. The molecule has 0 fully saturated rings. The van der Waals surface area contributed by atoms with E-state index in [1.165, 1.54) is 0 Å². The van der Waals surface area contributed by atoms with Gasteiger partial charge in [0.2, 0.25) is 0 Å². The van der Waals surface area contributed by atoms with Crippen molar-refractivity contribution in [1.82, 2.24) is 0 Å². The van der Waals surface area contributed by atoms with Gasteiger partial charge in [0, 0.05) is 6.08 Å². The zero-order chi connectivity index (χ0) is 5.70. The number of terminal acetylenes is 1. The van der Waals surface area contributed by atoms with Crippen LogP contribution in [0.1, 0.15) is 0 Å². The molecule has 0 heterocycles. The molecule has 0 aliphatic heterocycles. The number of carbonyl (C=O) groups excluding carboxylic acids is 1. The Hall–Kier alpha value is -1.23. The Balaban J connectivity index is 3.42. The summed E-state index contributed by atoms with van der Waals surface area (Å²) in [5, 5.41) is 0. The van der Waals surface area contributed by atoms with Crippen LogP contribution in [-0.4, -0.2) is 5.97 Å². The zero-order valence-electron chi connectivity index (χ0n) is 3.68. The summed E-state index contributed by atoms with van der Waals surface area (Å²) in [4.78, 5) is 9.93. The van der Waals surface area contributed by atoms with Crippen LogP contribution in [0.2, 0.25) is 0 Å². The van der Waals surface area contributed by atoms with E-state index < -0.39 is 5.97 Å². The molecular formula is C5H4O2. The first kappa shape index (κ1) is 5.77. The van der Waals surface area contributed by atoms with E-state index in [0.29, 0.717) is 0 Å². The Bertz CT molecular complexity index is 119. The van der Waals surface area contributed by atoms with Crippen LogP contribution >= 0.6 is 0 Å². The van der Waals surface area contributed by atoms with Crippen molar-refractivity contribution >= 4 is 5.97 Å². The molecular weight excluding hydrogens is 92.1 g/mol. The number of carbonyl (C=O) groups is 1. The lowest BCUT2D eigenvalue weighted by Gasteiger charge is -1.80. The van der Waals surface area contributed by atoms with Crippen molar-refractivity contribution in [3.8, 4) is 12.5 Å². The predicted molar refractivity (Wildman–Crippen MR) is 25.1 cm³/mol. The van der Waals surface area contributed by atoms with Crippen LogP contribution in [0, 0.1) is 12.5 Å². The van der Waals surface area contributed by atoms with Gasteiger partial charge in [-0.25, -0.2) is 4.79 Å². The summed E-state index contributed by atoms with van der Waals surface area (Å²) in [6.45, 7) is 3.11. The highest BCUT2D eigenvalue weighted by atomic mass is 16.5. The summed E-state index contributed by atoms with van der Waals surface area (Å²) in [5.41, 5.74) is 0. The van der Waals surface area contributed by atoms with Crippen LogP contribution in [-0.2, 0) is 9.53 Å². The fourth-order valence-corrected chi connectivity index (χ4v) is 0.0997. The molecule has 0 aliphatic carbocycles. The number of rotatable bonds is 1. The second kappa shape index (κ2) is 2.98. The molecule has 0 N–H and O–H groups in total. The highest BCUT2D eigenvalue weighted by Gasteiger charge is 1.85. The third-order valence-corrected chi connectivity index (χ3v) is 0.326. The highest BCUT2D eigenvalue weighted by Crippen LogP contribution is 1.71. The fraction of sp³-hybridized carbons (Fsp3) is 0. The van der Waals surface area contributed by atoms with Gasteiger partial charge < -0.3 is 4.74 Å². The largest absolute Gasteiger partial charge is 0.369 e. The maximum absolute atomic E-state index is 9.93. The van der Waals surface area contributed by atoms with Gasteiger partial charge in [-0.15, -0.1) is 0 Å². The van der Waals surface area contributed by atoms with E-state index in [1.807, 2.05) is 0 Å². The van der Waals surface area contributed by atoms with Crippen molar-refractivity contribution in [2.75, 3.05) is 0 Å². The zero-order valence-corrected chi connectivity index (χ0v) is 3.68. The second-order valence-electron chi connectivity index (χ2n) is 0.743. The van der Waals surface area contributed by atoms with Crippen LogP contribution in [0.25, 0.3) is 0 Å². The van der Waals surface area contributed by atoms with Crippen molar-refractivity contribution < 1.29 is 9.53 Å². The third kappa shape index (κ3) is 2.58. The van der Waals surface area contributed by atoms with Crippen molar-refractivity contribution in [1.29, 1.82) is 0 Å². The first-order chi connectivity index (χ1) is 3.31. The van der Waals surface area contributed by atoms with Crippen LogP contribution in [0.4, 0.5) is 0 Å². The van der Waals surface area contributed by atoms with Crippen LogP contribution < -0.4 is 0 Å². The summed E-state index contributed by atoms with van der Waals surface area (Å²) in [5.74, 6) is -0.595. The Morgan fingerprint density at radius 2 is 2.57 bits per heavy atom. The van der Waals surface area contributed by atoms with E-state index in [0.717, 1.165) is 6.08 Å². The molecule has 0 saturated carbocycles. The van der Waals surface area contributed by atoms with Gasteiger partial charge in [0.05, 0.1) is 0 Å². The first-order valence-electron chi connectivity index (χ1n) is 1.60. The minimum atomic E-state index is -0.595. The van der Waals surface area contributed by atoms with E-state index in [2.05, 4.69) is 17.7 Å². The molecule has 0 radical (unpaired) electrons. The standard InChI is InChI=1S/C5H4O2/c1-3-5(6)7-4-2/h2-3H,1H2. The van der Waals surface area contributed by atoms with Gasteiger partial charge >= 0.3 is 5.97 Å². The summed E-state index contributed by atoms with van der Waals surface area (Å²) in [7, 11) is 0. The SMILES string of the molecule is C#COC(=O)C=C. The van der Waals surface area contributed by atoms with Gasteiger partial charge in [-0.1, -0.05) is 13.0 Å². The normalized spacial score (nSPS) is 6.14. The predicted octanol–water partition coefficient (Wildman–Crippen LogP) is 0.306. The van der Waals surface area contributed by atoms with Crippen molar-refractivity contribution in [3.63, 3.8) is 0 Å². The van der Waals surface area contributed by atoms with E-state index in [4.69, 9.17) is 0 Å². The smallest absolute Gasteiger partial charge is 0.344 e. The average molecular weight is 96.1 g/mol. The second-order valence-corrected chi connectivity index (χ2v) is 0.743. The van der Waals surface area contributed by atoms with Gasteiger partial charge in [0.1, 0.15) is 6.11 Å². The summed E-state index contributed by atoms with van der Waals surface area (Å²) >= 11 is 0. The minimum Gasteiger partial charge on any atom is -0.369 e. The topological polar surface area (TPSA) is 26.3 Å². The van der Waals surface area contributed by atoms with Gasteiger partial charge in [0.15, 0.2) is 0 Å². The Morgan fingerprint density at radius 1 is 2.00 bits per heavy atom. The van der Waals surface area contributed by atoms with Gasteiger partial charge in [-0.3, -0.25) is 0 Å². The van der Waals surface area contributed by atoms with E-state index in [9.17, 15) is 4.79 Å². The lowest BCUT2D eigenvalue weighted by Crippen LogP contribution is -1.91. The monoisotopic (exact) mass is 96.0 g/mol. The quantitative estimate of drug-likeness (QED) is 0.267. The average Bonchev–Trinajstić information content (AvgIpc) is 1.68. The number of hydrogen-bond acceptors (Lipinski definition) is 2. The fourth-order valence-electron chi connectivity index (χ4n) is 0.0997. The Morgan fingerprint density at radius 3 is 2.71 bits per heavy atom. The molecule has 0 aromatic heterocycles. The third-order valence-electron chi connectivity index (χ3n) is 0.326. The summed E-state index contributed by atoms with van der Waals surface area (Å²) in [6, 6.07) is 0. The molecule has 2 nitrogen and oxygen atoms in total. The highest BCUT2D eigenvalue weighted by molar-refractivity contribution is 5.81. The van der Waals surface area contributed by atoms with Crippen LogP contribution in [0.15, 0.2) is 12.7 Å². The van der Waals surface area contributed by atoms with Gasteiger partial charge in [-0.05, 0) is 0 Å². The van der Waals surface area contributed by atoms with E-state index in [1.54, 1.807) is 6.11 Å².